The summed E-state index contributed by atoms with van der Waals surface area (Å²) in [6.45, 7) is 2.25. The second-order valence-corrected chi connectivity index (χ2v) is 30.3. The fourth-order valence-corrected chi connectivity index (χ4v) is 6.26. The van der Waals surface area contributed by atoms with Crippen LogP contribution in [0.1, 0.15) is 50.2 Å². The van der Waals surface area contributed by atoms with Crippen molar-refractivity contribution >= 4 is 49.8 Å². The van der Waals surface area contributed by atoms with Crippen molar-refractivity contribution in [2.24, 2.45) is 0 Å². The summed E-state index contributed by atoms with van der Waals surface area (Å²) in [4.78, 5) is 0. The van der Waals surface area contributed by atoms with Crippen molar-refractivity contribution in [1.82, 2.24) is 0 Å². The van der Waals surface area contributed by atoms with Gasteiger partial charge < -0.3 is 5.11 Å². The first kappa shape index (κ1) is 22.2. The summed E-state index contributed by atoms with van der Waals surface area (Å²) in [6.07, 6.45) is 8.40. The van der Waals surface area contributed by atoms with Gasteiger partial charge in [0.15, 0.2) is 0 Å². The molecule has 0 aliphatic heterocycles. The summed E-state index contributed by atoms with van der Waals surface area (Å²) in [7, 11) is 0. The fourth-order valence-electron chi connectivity index (χ4n) is 3.15. The van der Waals surface area contributed by atoms with Crippen LogP contribution in [0.15, 0.2) is 42.5 Å². The number of phenols is 1. The molecule has 0 heterocycles. The molecule has 0 radical (unpaired) electrons. The quantitative estimate of drug-likeness (QED) is 0.176. The molecule has 0 atom stereocenters. The molecule has 0 aromatic heterocycles. The summed E-state index contributed by atoms with van der Waals surface area (Å²) in [5, 5.41) is 9.91. The molecule has 0 saturated heterocycles. The van der Waals surface area contributed by atoms with E-state index in [0.717, 1.165) is 25.3 Å². The fraction of sp³-hybridized carbons (Fsp3) is 0.429. The number of hydrogen-bond acceptors (Lipinski definition) is 1. The SMILES string of the molecule is CCCCCCc1ccc(-c2ccc(O)cc2CCC[Si](Br)(Br)Br)cc1. The van der Waals surface area contributed by atoms with Crippen LogP contribution in [0.2, 0.25) is 6.04 Å². The van der Waals surface area contributed by atoms with Crippen molar-refractivity contribution in [2.45, 2.75) is 57.9 Å². The third-order valence-electron chi connectivity index (χ3n) is 4.58. The maximum atomic E-state index is 9.91. The Kier molecular flexibility index (Phi) is 9.42. The zero-order valence-electron chi connectivity index (χ0n) is 15.3. The number of phenolic OH excluding ortho intramolecular Hbond substituents is 1. The highest BCUT2D eigenvalue weighted by atomic mass is 80.0. The van der Waals surface area contributed by atoms with Gasteiger partial charge in [0, 0.05) is 0 Å². The Morgan fingerprint density at radius 1 is 0.846 bits per heavy atom. The first-order valence-corrected chi connectivity index (χ1v) is 18.3. The van der Waals surface area contributed by atoms with Crippen LogP contribution in [0.25, 0.3) is 11.1 Å². The lowest BCUT2D eigenvalue weighted by atomic mass is 9.95. The van der Waals surface area contributed by atoms with Crippen LogP contribution in [0.5, 0.6) is 5.75 Å². The Balaban J connectivity index is 2.07. The van der Waals surface area contributed by atoms with E-state index in [4.69, 9.17) is 0 Å². The van der Waals surface area contributed by atoms with Crippen molar-refractivity contribution in [3.63, 3.8) is 0 Å². The Morgan fingerprint density at radius 2 is 1.58 bits per heavy atom. The molecule has 0 saturated carbocycles. The molecule has 0 aliphatic rings. The van der Waals surface area contributed by atoms with E-state index in [9.17, 15) is 5.11 Å². The molecule has 0 amide bonds. The number of aryl methyl sites for hydroxylation is 2. The molecular weight excluding hydrogens is 536 g/mol. The maximum absolute atomic E-state index is 9.91. The van der Waals surface area contributed by atoms with Gasteiger partial charge in [0.2, 0.25) is 0 Å². The van der Waals surface area contributed by atoms with E-state index >= 15 is 0 Å². The van der Waals surface area contributed by atoms with Gasteiger partial charge in [0.25, 0.3) is 3.93 Å². The molecular formula is C21H27Br3OSi. The molecule has 5 heteroatoms. The second-order valence-electron chi connectivity index (χ2n) is 6.82. The van der Waals surface area contributed by atoms with Gasteiger partial charge in [-0.3, -0.25) is 0 Å². The molecule has 2 aromatic rings. The predicted molar refractivity (Wildman–Crippen MR) is 127 cm³/mol. The highest BCUT2D eigenvalue weighted by molar-refractivity contribution is 9.72. The van der Waals surface area contributed by atoms with Gasteiger partial charge in [-0.05, 0) is 66.1 Å². The maximum Gasteiger partial charge on any atom is 0.267 e. The van der Waals surface area contributed by atoms with E-state index in [1.54, 1.807) is 6.07 Å². The van der Waals surface area contributed by atoms with Crippen LogP contribution >= 0.6 is 45.9 Å². The highest BCUT2D eigenvalue weighted by Crippen LogP contribution is 2.35. The second kappa shape index (κ2) is 11.0. The van der Waals surface area contributed by atoms with Crippen molar-refractivity contribution in [3.8, 4) is 16.9 Å². The van der Waals surface area contributed by atoms with Crippen LogP contribution in [0, 0.1) is 0 Å². The Bertz CT molecular complexity index is 681. The van der Waals surface area contributed by atoms with Gasteiger partial charge in [-0.25, -0.2) is 0 Å². The molecule has 2 rings (SSSR count). The van der Waals surface area contributed by atoms with Crippen molar-refractivity contribution < 1.29 is 5.11 Å². The molecule has 0 unspecified atom stereocenters. The average Bonchev–Trinajstić information content (AvgIpc) is 2.59. The third kappa shape index (κ3) is 7.87. The normalized spacial score (nSPS) is 11.7. The smallest absolute Gasteiger partial charge is 0.267 e. The van der Waals surface area contributed by atoms with Gasteiger partial charge in [-0.15, -0.1) is 0 Å². The van der Waals surface area contributed by atoms with E-state index < -0.39 is 3.93 Å². The summed E-state index contributed by atoms with van der Waals surface area (Å²) >= 11 is 11.1. The number of benzene rings is 2. The molecule has 0 fully saturated rings. The van der Waals surface area contributed by atoms with E-state index in [1.807, 2.05) is 12.1 Å². The standard InChI is InChI=1S/C21H27Br3OSi/c1-2-3-4-5-7-17-9-11-18(12-10-17)21-14-13-20(25)16-19(21)8-6-15-26(22,23)24/h9-14,16,25H,2-8,15H2,1H3. The predicted octanol–water partition coefficient (Wildman–Crippen LogP) is 8.24. The number of unbranched alkanes of at least 4 members (excludes halogenated alkanes) is 3. The average molecular weight is 563 g/mol. The van der Waals surface area contributed by atoms with Crippen molar-refractivity contribution in [2.75, 3.05) is 0 Å². The number of aromatic hydroxyl groups is 1. The largest absolute Gasteiger partial charge is 0.508 e. The molecule has 0 bridgehead atoms. The van der Waals surface area contributed by atoms with Crippen molar-refractivity contribution in [1.29, 1.82) is 0 Å². The van der Waals surface area contributed by atoms with Gasteiger partial charge >= 0.3 is 0 Å². The minimum atomic E-state index is -1.57. The van der Waals surface area contributed by atoms with Crippen LogP contribution in [-0.2, 0) is 12.8 Å². The number of halogens is 3. The van der Waals surface area contributed by atoms with Crippen LogP contribution in [0.4, 0.5) is 0 Å². The lowest BCUT2D eigenvalue weighted by Crippen LogP contribution is -2.06. The van der Waals surface area contributed by atoms with E-state index in [1.165, 1.54) is 47.9 Å². The number of rotatable bonds is 10. The first-order valence-electron chi connectivity index (χ1n) is 9.37. The van der Waals surface area contributed by atoms with E-state index in [-0.39, 0.29) is 0 Å². The lowest BCUT2D eigenvalue weighted by molar-refractivity contribution is 0.474. The summed E-state index contributed by atoms with van der Waals surface area (Å²) in [5.41, 5.74) is 5.09. The van der Waals surface area contributed by atoms with Gasteiger partial charge in [-0.2, -0.15) is 0 Å². The molecule has 0 aliphatic carbocycles. The molecule has 142 valence electrons. The van der Waals surface area contributed by atoms with Crippen molar-refractivity contribution in [3.05, 3.63) is 53.6 Å². The van der Waals surface area contributed by atoms with Crippen LogP contribution < -0.4 is 0 Å². The lowest BCUT2D eigenvalue weighted by Gasteiger charge is -2.13. The minimum Gasteiger partial charge on any atom is -0.508 e. The first-order chi connectivity index (χ1) is 12.4. The Labute approximate surface area is 182 Å². The molecule has 1 N–H and O–H groups in total. The van der Waals surface area contributed by atoms with Crippen LogP contribution in [-0.4, -0.2) is 9.04 Å². The number of hydrogen-bond donors (Lipinski definition) is 1. The minimum absolute atomic E-state index is 0.344. The zero-order valence-corrected chi connectivity index (χ0v) is 21.0. The highest BCUT2D eigenvalue weighted by Gasteiger charge is 2.21. The van der Waals surface area contributed by atoms with Gasteiger partial charge in [0.05, 0.1) is 0 Å². The molecule has 26 heavy (non-hydrogen) atoms. The Hall–Kier alpha value is -0.103. The zero-order chi connectivity index (χ0) is 19.0. The Morgan fingerprint density at radius 3 is 2.23 bits per heavy atom. The molecule has 2 aromatic carbocycles. The topological polar surface area (TPSA) is 20.2 Å². The van der Waals surface area contributed by atoms with E-state index in [0.29, 0.717) is 5.75 Å². The summed E-state index contributed by atoms with van der Waals surface area (Å²) in [5.74, 6) is 0.344. The van der Waals surface area contributed by atoms with Gasteiger partial charge in [-0.1, -0.05) is 102 Å². The van der Waals surface area contributed by atoms with Gasteiger partial charge in [0.1, 0.15) is 5.75 Å². The monoisotopic (exact) mass is 560 g/mol. The molecule has 0 spiro atoms. The van der Waals surface area contributed by atoms with Crippen LogP contribution in [0.3, 0.4) is 0 Å². The molecule has 1 nitrogen and oxygen atoms in total. The third-order valence-corrected chi connectivity index (χ3v) is 9.07. The summed E-state index contributed by atoms with van der Waals surface area (Å²) < 4.78 is -1.57. The van der Waals surface area contributed by atoms with E-state index in [2.05, 4.69) is 77.1 Å². The summed E-state index contributed by atoms with van der Waals surface area (Å²) in [6, 6.07) is 15.8.